The molecule has 2 heterocycles. The van der Waals surface area contributed by atoms with Crippen molar-refractivity contribution in [2.75, 3.05) is 0 Å². The van der Waals surface area contributed by atoms with Crippen molar-refractivity contribution in [1.82, 2.24) is 19.5 Å². The summed E-state index contributed by atoms with van der Waals surface area (Å²) in [5.41, 5.74) is 10.7. The molecule has 2 aromatic heterocycles. The summed E-state index contributed by atoms with van der Waals surface area (Å²) in [4.78, 5) is 15.6. The van der Waals surface area contributed by atoms with Gasteiger partial charge in [-0.2, -0.15) is 0 Å². The van der Waals surface area contributed by atoms with Crippen LogP contribution in [0.3, 0.4) is 0 Å². The van der Waals surface area contributed by atoms with E-state index in [0.717, 1.165) is 44.5 Å². The second kappa shape index (κ2) is 14.3. The van der Waals surface area contributed by atoms with Crippen LogP contribution in [0.1, 0.15) is 0 Å². The number of nitrogens with zero attached hydrogens (tertiary/aromatic N) is 4. The molecule has 0 radical (unpaired) electrons. The molecule has 0 aliphatic rings. The topological polar surface area (TPSA) is 43.6 Å². The molecule has 0 amide bonds. The Hall–Kier alpha value is -8.21. The molecule has 4 nitrogen and oxygen atoms in total. The summed E-state index contributed by atoms with van der Waals surface area (Å²) >= 11 is 0. The van der Waals surface area contributed by atoms with Crippen molar-refractivity contribution in [3.63, 3.8) is 0 Å². The van der Waals surface area contributed by atoms with Gasteiger partial charge in [0, 0.05) is 38.5 Å². The van der Waals surface area contributed by atoms with E-state index >= 15 is 0 Å². The Morgan fingerprint density at radius 3 is 1.67 bits per heavy atom. The molecule has 0 bridgehead atoms. The van der Waals surface area contributed by atoms with Gasteiger partial charge in [0.15, 0.2) is 17.5 Å². The first-order valence-corrected chi connectivity index (χ1v) is 20.7. The minimum Gasteiger partial charge on any atom is -0.309 e. The van der Waals surface area contributed by atoms with E-state index in [9.17, 15) is 0 Å². The number of aromatic nitrogens is 4. The van der Waals surface area contributed by atoms with Gasteiger partial charge in [0.2, 0.25) is 0 Å². The normalized spacial score (nSPS) is 11.6. The van der Waals surface area contributed by atoms with Crippen molar-refractivity contribution in [1.29, 1.82) is 0 Å². The van der Waals surface area contributed by atoms with Crippen LogP contribution in [0.15, 0.2) is 218 Å². The van der Waals surface area contributed by atoms with E-state index in [-0.39, 0.29) is 0 Å². The molecule has 10 aromatic carbocycles. The van der Waals surface area contributed by atoms with Crippen molar-refractivity contribution in [3.8, 4) is 62.1 Å². The third kappa shape index (κ3) is 5.96. The maximum Gasteiger partial charge on any atom is 0.164 e. The maximum absolute atomic E-state index is 5.25. The van der Waals surface area contributed by atoms with E-state index in [1.807, 2.05) is 6.07 Å². The lowest BCUT2D eigenvalue weighted by molar-refractivity contribution is 1.07. The lowest BCUT2D eigenvalue weighted by atomic mass is 9.98. The van der Waals surface area contributed by atoms with E-state index in [1.54, 1.807) is 0 Å². The lowest BCUT2D eigenvalue weighted by Gasteiger charge is -2.15. The summed E-state index contributed by atoms with van der Waals surface area (Å²) < 4.78 is 2.45. The average Bonchev–Trinajstić information content (AvgIpc) is 3.70. The third-order valence-electron chi connectivity index (χ3n) is 12.0. The fraction of sp³-hybridized carbons (Fsp3) is 0. The highest BCUT2D eigenvalue weighted by molar-refractivity contribution is 6.26. The summed E-state index contributed by atoms with van der Waals surface area (Å²) in [7, 11) is 0. The van der Waals surface area contributed by atoms with E-state index in [1.165, 1.54) is 54.3 Å². The van der Waals surface area contributed by atoms with Crippen LogP contribution in [-0.4, -0.2) is 19.5 Å². The van der Waals surface area contributed by atoms with Gasteiger partial charge in [-0.15, -0.1) is 0 Å². The highest BCUT2D eigenvalue weighted by Gasteiger charge is 2.20. The summed E-state index contributed by atoms with van der Waals surface area (Å²) in [6.45, 7) is 0. The van der Waals surface area contributed by atoms with Gasteiger partial charge < -0.3 is 4.57 Å². The number of hydrogen-bond donors (Lipinski definition) is 0. The Morgan fingerprint density at radius 1 is 0.295 bits per heavy atom. The molecule has 0 aliphatic carbocycles. The average molecular weight is 777 g/mol. The molecule has 4 heteroatoms. The Bertz CT molecular complexity index is 3640. The number of hydrogen-bond acceptors (Lipinski definition) is 3. The lowest BCUT2D eigenvalue weighted by Crippen LogP contribution is -2.01. The first-order chi connectivity index (χ1) is 30.2. The van der Waals surface area contributed by atoms with Crippen LogP contribution in [0.5, 0.6) is 0 Å². The highest BCUT2D eigenvalue weighted by Crippen LogP contribution is 2.41. The van der Waals surface area contributed by atoms with Gasteiger partial charge in [-0.25, -0.2) is 15.0 Å². The number of rotatable bonds is 6. The zero-order valence-electron chi connectivity index (χ0n) is 33.1. The van der Waals surface area contributed by atoms with Gasteiger partial charge in [0.05, 0.1) is 11.0 Å². The highest BCUT2D eigenvalue weighted by atomic mass is 15.0. The molecule has 0 N–H and O–H groups in total. The van der Waals surface area contributed by atoms with Crippen LogP contribution in [-0.2, 0) is 0 Å². The fourth-order valence-corrected chi connectivity index (χ4v) is 9.08. The molecule has 0 fully saturated rings. The van der Waals surface area contributed by atoms with Crippen LogP contribution in [0.25, 0.3) is 116 Å². The summed E-state index contributed by atoms with van der Waals surface area (Å²) in [5, 5.41) is 9.74. The van der Waals surface area contributed by atoms with Crippen molar-refractivity contribution >= 4 is 54.1 Å². The Balaban J connectivity index is 1.04. The monoisotopic (exact) mass is 776 g/mol. The molecule has 0 unspecified atom stereocenters. The second-order valence-corrected chi connectivity index (χ2v) is 15.6. The maximum atomic E-state index is 5.25. The number of benzene rings is 10. The predicted molar refractivity (Wildman–Crippen MR) is 254 cm³/mol. The molecule has 0 atom stereocenters. The van der Waals surface area contributed by atoms with Crippen molar-refractivity contribution < 1.29 is 0 Å². The van der Waals surface area contributed by atoms with Crippen molar-refractivity contribution in [3.05, 3.63) is 218 Å². The summed E-state index contributed by atoms with van der Waals surface area (Å²) in [6, 6.07) is 77.6. The third-order valence-corrected chi connectivity index (χ3v) is 12.0. The molecular formula is C57H36N4. The molecule has 0 spiro atoms. The molecule has 284 valence electrons. The Labute approximate surface area is 352 Å². The van der Waals surface area contributed by atoms with E-state index in [2.05, 4.69) is 217 Å². The van der Waals surface area contributed by atoms with Crippen molar-refractivity contribution in [2.45, 2.75) is 0 Å². The molecule has 12 rings (SSSR count). The predicted octanol–water partition coefficient (Wildman–Crippen LogP) is 14.8. The Morgan fingerprint density at radius 2 is 0.852 bits per heavy atom. The van der Waals surface area contributed by atoms with Gasteiger partial charge in [-0.05, 0) is 73.5 Å². The quantitative estimate of drug-likeness (QED) is 0.169. The van der Waals surface area contributed by atoms with Gasteiger partial charge in [-0.1, -0.05) is 194 Å². The van der Waals surface area contributed by atoms with Gasteiger partial charge in [0.25, 0.3) is 0 Å². The Kier molecular flexibility index (Phi) is 8.13. The van der Waals surface area contributed by atoms with Gasteiger partial charge in [-0.3, -0.25) is 0 Å². The van der Waals surface area contributed by atoms with Crippen LogP contribution >= 0.6 is 0 Å². The molecule has 12 aromatic rings. The molecule has 0 aliphatic heterocycles. The van der Waals surface area contributed by atoms with E-state index in [4.69, 9.17) is 15.0 Å². The van der Waals surface area contributed by atoms with Gasteiger partial charge in [0.1, 0.15) is 0 Å². The minimum absolute atomic E-state index is 0.621. The smallest absolute Gasteiger partial charge is 0.164 e. The first-order valence-electron chi connectivity index (χ1n) is 20.7. The molecule has 0 saturated heterocycles. The summed E-state index contributed by atoms with van der Waals surface area (Å²) in [6.07, 6.45) is 0. The van der Waals surface area contributed by atoms with Crippen LogP contribution in [0, 0.1) is 0 Å². The standard InChI is InChI=1S/C57H36N4/c1-2-13-37(14-3-1)39-25-28-42(29-26-39)55-58-56(45-30-27-38-15-4-5-18-43(38)35-45)60-57(59-55)50-24-11-10-21-47(50)44-19-12-20-46(36-44)61-52-34-32-40-16-6-8-22-48(40)53(52)51-33-31-41-17-7-9-23-49(41)54(51)61/h1-36H. The largest absolute Gasteiger partial charge is 0.309 e. The van der Waals surface area contributed by atoms with E-state index in [0.29, 0.717) is 17.5 Å². The molecule has 0 saturated carbocycles. The molecular weight excluding hydrogens is 741 g/mol. The first kappa shape index (κ1) is 34.8. The SMILES string of the molecule is c1ccc(-c2ccc(-c3nc(-c4ccc5ccccc5c4)nc(-c4ccccc4-c4cccc(-n5c6ccc7ccccc7c6c6ccc7ccccc7c65)c4)n3)cc2)cc1. The zero-order valence-corrected chi connectivity index (χ0v) is 33.1. The van der Waals surface area contributed by atoms with E-state index < -0.39 is 0 Å². The minimum atomic E-state index is 0.621. The zero-order chi connectivity index (χ0) is 40.3. The van der Waals surface area contributed by atoms with Crippen LogP contribution in [0.4, 0.5) is 0 Å². The van der Waals surface area contributed by atoms with Crippen molar-refractivity contribution in [2.24, 2.45) is 0 Å². The number of fused-ring (bicyclic) bond motifs is 8. The fourth-order valence-electron chi connectivity index (χ4n) is 9.08. The van der Waals surface area contributed by atoms with Gasteiger partial charge >= 0.3 is 0 Å². The second-order valence-electron chi connectivity index (χ2n) is 15.6. The molecule has 61 heavy (non-hydrogen) atoms. The van der Waals surface area contributed by atoms with Crippen LogP contribution < -0.4 is 0 Å². The van der Waals surface area contributed by atoms with Crippen LogP contribution in [0.2, 0.25) is 0 Å². The summed E-state index contributed by atoms with van der Waals surface area (Å²) in [5.74, 6) is 1.88.